The predicted molar refractivity (Wildman–Crippen MR) is 114 cm³/mol. The van der Waals surface area contributed by atoms with Gasteiger partial charge in [-0.25, -0.2) is 14.3 Å². The van der Waals surface area contributed by atoms with Crippen molar-refractivity contribution < 1.29 is 4.79 Å². The second kappa shape index (κ2) is 8.46. The molecule has 0 spiro atoms. The number of nitrogens with zero attached hydrogens (tertiary/aromatic N) is 6. The number of carbonyl (C=O) groups excluding carboxylic acids is 1. The lowest BCUT2D eigenvalue weighted by Crippen LogP contribution is -2.27. The highest BCUT2D eigenvalue weighted by molar-refractivity contribution is 6.11. The molecule has 1 amide bonds. The smallest absolute Gasteiger partial charge is 0.258 e. The van der Waals surface area contributed by atoms with E-state index in [9.17, 15) is 4.79 Å². The van der Waals surface area contributed by atoms with Crippen LogP contribution in [-0.4, -0.2) is 48.5 Å². The van der Waals surface area contributed by atoms with Crippen LogP contribution in [0.3, 0.4) is 0 Å². The molecule has 4 heterocycles. The SMILES string of the molecule is Cc1cc(C(=O)Nc2nc(C3CCNCC3)nn2C)c2cnn(C(C)C)c2n1.Cl. The summed E-state index contributed by atoms with van der Waals surface area (Å²) in [6, 6.07) is 1.95. The predicted octanol–water partition coefficient (Wildman–Crippen LogP) is 2.59. The zero-order valence-corrected chi connectivity index (χ0v) is 18.0. The van der Waals surface area contributed by atoms with Crippen LogP contribution in [0.25, 0.3) is 11.0 Å². The molecule has 1 aliphatic rings. The monoisotopic (exact) mass is 418 g/mol. The summed E-state index contributed by atoms with van der Waals surface area (Å²) < 4.78 is 3.47. The third-order valence-corrected chi connectivity index (χ3v) is 5.14. The third-order valence-electron chi connectivity index (χ3n) is 5.14. The standard InChI is InChI=1S/C19H26N8O.ClH/c1-11(2)27-17-15(10-21-27)14(9-12(3)22-17)18(28)24-19-23-16(25-26(19)4)13-5-7-20-8-6-13;/h9-11,13,20H,5-8H2,1-4H3,(H,23,24,25,28);1H. The average molecular weight is 419 g/mol. The number of hydrogen-bond acceptors (Lipinski definition) is 6. The number of aryl methyl sites for hydroxylation is 2. The lowest BCUT2D eigenvalue weighted by molar-refractivity contribution is 0.102. The summed E-state index contributed by atoms with van der Waals surface area (Å²) in [6.45, 7) is 7.90. The summed E-state index contributed by atoms with van der Waals surface area (Å²) in [5.74, 6) is 1.35. The first kappa shape index (κ1) is 21.2. The molecule has 0 saturated carbocycles. The van der Waals surface area contributed by atoms with Gasteiger partial charge in [-0.3, -0.25) is 10.1 Å². The highest BCUT2D eigenvalue weighted by atomic mass is 35.5. The Bertz CT molecular complexity index is 1020. The van der Waals surface area contributed by atoms with Crippen LogP contribution in [0.4, 0.5) is 5.95 Å². The average Bonchev–Trinajstić information content (AvgIpc) is 3.25. The summed E-state index contributed by atoms with van der Waals surface area (Å²) >= 11 is 0. The molecule has 3 aromatic heterocycles. The topological polar surface area (TPSA) is 103 Å². The molecule has 0 aliphatic carbocycles. The summed E-state index contributed by atoms with van der Waals surface area (Å²) in [6.07, 6.45) is 3.72. The van der Waals surface area contributed by atoms with Gasteiger partial charge < -0.3 is 5.32 Å². The minimum atomic E-state index is -0.230. The van der Waals surface area contributed by atoms with Gasteiger partial charge in [-0.05, 0) is 52.8 Å². The lowest BCUT2D eigenvalue weighted by Gasteiger charge is -2.19. The van der Waals surface area contributed by atoms with Crippen molar-refractivity contribution in [1.29, 1.82) is 0 Å². The highest BCUT2D eigenvalue weighted by Crippen LogP contribution is 2.25. The first-order valence-electron chi connectivity index (χ1n) is 9.72. The zero-order chi connectivity index (χ0) is 19.8. The van der Waals surface area contributed by atoms with Crippen molar-refractivity contribution in [2.45, 2.75) is 45.6 Å². The first-order valence-corrected chi connectivity index (χ1v) is 9.72. The van der Waals surface area contributed by atoms with Crippen LogP contribution in [-0.2, 0) is 7.05 Å². The number of piperidine rings is 1. The number of rotatable bonds is 4. The molecule has 0 unspecified atom stereocenters. The number of aromatic nitrogens is 6. The maximum absolute atomic E-state index is 13.0. The molecule has 1 fully saturated rings. The number of pyridine rings is 1. The molecule has 4 rings (SSSR count). The fourth-order valence-electron chi connectivity index (χ4n) is 3.64. The molecule has 0 aromatic carbocycles. The molecule has 1 saturated heterocycles. The van der Waals surface area contributed by atoms with Gasteiger partial charge in [0.15, 0.2) is 11.5 Å². The molecule has 9 nitrogen and oxygen atoms in total. The molecular formula is C19H27ClN8O. The second-order valence-corrected chi connectivity index (χ2v) is 7.63. The van der Waals surface area contributed by atoms with Crippen molar-refractivity contribution in [2.75, 3.05) is 18.4 Å². The number of carbonyl (C=O) groups is 1. The van der Waals surface area contributed by atoms with Crippen LogP contribution < -0.4 is 10.6 Å². The Morgan fingerprint density at radius 2 is 2.00 bits per heavy atom. The van der Waals surface area contributed by atoms with E-state index in [1.807, 2.05) is 25.5 Å². The van der Waals surface area contributed by atoms with E-state index in [-0.39, 0.29) is 24.4 Å². The van der Waals surface area contributed by atoms with Crippen molar-refractivity contribution in [2.24, 2.45) is 7.05 Å². The molecule has 1 aliphatic heterocycles. The molecule has 156 valence electrons. The van der Waals surface area contributed by atoms with Crippen LogP contribution in [0.15, 0.2) is 12.3 Å². The summed E-state index contributed by atoms with van der Waals surface area (Å²) in [7, 11) is 1.80. The van der Waals surface area contributed by atoms with Crippen molar-refractivity contribution in [3.63, 3.8) is 0 Å². The van der Waals surface area contributed by atoms with Gasteiger partial charge in [0.1, 0.15) is 0 Å². The number of hydrogen-bond donors (Lipinski definition) is 2. The first-order chi connectivity index (χ1) is 13.4. The van der Waals surface area contributed by atoms with Crippen LogP contribution in [0.5, 0.6) is 0 Å². The van der Waals surface area contributed by atoms with Crippen LogP contribution >= 0.6 is 12.4 Å². The molecule has 10 heteroatoms. The van der Waals surface area contributed by atoms with Gasteiger partial charge in [0, 0.05) is 24.7 Å². The Kier molecular flexibility index (Phi) is 6.18. The number of amides is 1. The van der Waals surface area contributed by atoms with Gasteiger partial charge in [0.05, 0.1) is 17.1 Å². The van der Waals surface area contributed by atoms with Gasteiger partial charge in [-0.15, -0.1) is 12.4 Å². The Labute approximate surface area is 175 Å². The Morgan fingerprint density at radius 3 is 2.69 bits per heavy atom. The van der Waals surface area contributed by atoms with Crippen LogP contribution in [0.2, 0.25) is 0 Å². The zero-order valence-electron chi connectivity index (χ0n) is 17.1. The third kappa shape index (κ3) is 4.11. The quantitative estimate of drug-likeness (QED) is 0.675. The van der Waals surface area contributed by atoms with Gasteiger partial charge in [-0.2, -0.15) is 15.2 Å². The van der Waals surface area contributed by atoms with Gasteiger partial charge in [-0.1, -0.05) is 0 Å². The van der Waals surface area contributed by atoms with Gasteiger partial charge in [0.2, 0.25) is 5.95 Å². The Hall–Kier alpha value is -2.52. The minimum Gasteiger partial charge on any atom is -0.317 e. The Balaban J connectivity index is 0.00000240. The number of fused-ring (bicyclic) bond motifs is 1. The van der Waals surface area contributed by atoms with E-state index in [4.69, 9.17) is 0 Å². The van der Waals surface area contributed by atoms with Gasteiger partial charge >= 0.3 is 0 Å². The molecule has 0 bridgehead atoms. The van der Waals surface area contributed by atoms with E-state index in [1.54, 1.807) is 24.0 Å². The van der Waals surface area contributed by atoms with Crippen LogP contribution in [0.1, 0.15) is 60.5 Å². The summed E-state index contributed by atoms with van der Waals surface area (Å²) in [5, 5.41) is 15.9. The fourth-order valence-corrected chi connectivity index (χ4v) is 3.64. The second-order valence-electron chi connectivity index (χ2n) is 7.63. The van der Waals surface area contributed by atoms with Crippen molar-refractivity contribution >= 4 is 35.3 Å². The Morgan fingerprint density at radius 1 is 1.28 bits per heavy atom. The van der Waals surface area contributed by atoms with Gasteiger partial charge in [0.25, 0.3) is 5.91 Å². The summed E-state index contributed by atoms with van der Waals surface area (Å²) in [5.41, 5.74) is 2.03. The number of nitrogens with one attached hydrogen (secondary N) is 2. The molecule has 3 aromatic rings. The van der Waals surface area contributed by atoms with Crippen LogP contribution in [0, 0.1) is 6.92 Å². The van der Waals surface area contributed by atoms with Crippen molar-refractivity contribution in [3.8, 4) is 0 Å². The number of anilines is 1. The number of halogens is 1. The fraction of sp³-hybridized carbons (Fsp3) is 0.526. The van der Waals surface area contributed by atoms with E-state index in [1.165, 1.54) is 0 Å². The summed E-state index contributed by atoms with van der Waals surface area (Å²) in [4.78, 5) is 22.2. The molecule has 0 radical (unpaired) electrons. The minimum absolute atomic E-state index is 0. The van der Waals surface area contributed by atoms with Crippen molar-refractivity contribution in [1.82, 2.24) is 34.8 Å². The molecule has 0 atom stereocenters. The molecule has 29 heavy (non-hydrogen) atoms. The van der Waals surface area contributed by atoms with Crippen molar-refractivity contribution in [3.05, 3.63) is 29.3 Å². The van der Waals surface area contributed by atoms with E-state index in [2.05, 4.69) is 30.8 Å². The molecular weight excluding hydrogens is 392 g/mol. The maximum atomic E-state index is 13.0. The van der Waals surface area contributed by atoms with E-state index < -0.39 is 0 Å². The lowest BCUT2D eigenvalue weighted by atomic mass is 9.98. The highest BCUT2D eigenvalue weighted by Gasteiger charge is 2.23. The van der Waals surface area contributed by atoms with E-state index in [0.717, 1.165) is 42.8 Å². The van der Waals surface area contributed by atoms with E-state index >= 15 is 0 Å². The largest absolute Gasteiger partial charge is 0.317 e. The molecule has 2 N–H and O–H groups in total. The maximum Gasteiger partial charge on any atom is 0.258 e. The normalized spacial score (nSPS) is 14.9. The van der Waals surface area contributed by atoms with E-state index in [0.29, 0.717) is 23.1 Å².